The van der Waals surface area contributed by atoms with Crippen molar-refractivity contribution in [1.29, 1.82) is 0 Å². The molecule has 0 radical (unpaired) electrons. The summed E-state index contributed by atoms with van der Waals surface area (Å²) in [5.41, 5.74) is 5.05. The number of carbonyl (C=O) groups is 1. The standard InChI is InChI=1S/C17H24BrNO2/c1-5-14-12(10-18)6-7-13-11-19(9-8-15(13)14)16(20)21-17(2,3)4/h6-7H,5,8-11H2,1-4H3. The Morgan fingerprint density at radius 1 is 1.38 bits per heavy atom. The fourth-order valence-corrected chi connectivity index (χ4v) is 3.35. The zero-order valence-electron chi connectivity index (χ0n) is 13.3. The second-order valence-corrected chi connectivity index (χ2v) is 7.04. The average molecular weight is 354 g/mol. The summed E-state index contributed by atoms with van der Waals surface area (Å²) >= 11 is 3.56. The zero-order chi connectivity index (χ0) is 15.6. The van der Waals surface area contributed by atoms with Crippen LogP contribution >= 0.6 is 15.9 Å². The van der Waals surface area contributed by atoms with Gasteiger partial charge in [-0.3, -0.25) is 0 Å². The normalized spacial score (nSPS) is 14.8. The highest BCUT2D eigenvalue weighted by Gasteiger charge is 2.26. The van der Waals surface area contributed by atoms with Gasteiger partial charge in [0.15, 0.2) is 0 Å². The Kier molecular flexibility index (Phi) is 4.97. The van der Waals surface area contributed by atoms with E-state index in [-0.39, 0.29) is 6.09 Å². The smallest absolute Gasteiger partial charge is 0.410 e. The first-order chi connectivity index (χ1) is 9.85. The molecular weight excluding hydrogens is 330 g/mol. The Morgan fingerprint density at radius 2 is 2.10 bits per heavy atom. The van der Waals surface area contributed by atoms with Crippen LogP contribution in [0.15, 0.2) is 12.1 Å². The van der Waals surface area contributed by atoms with Crippen molar-refractivity contribution < 1.29 is 9.53 Å². The van der Waals surface area contributed by atoms with Gasteiger partial charge >= 0.3 is 6.09 Å². The van der Waals surface area contributed by atoms with E-state index in [0.29, 0.717) is 6.54 Å². The third-order valence-electron chi connectivity index (χ3n) is 3.77. The summed E-state index contributed by atoms with van der Waals surface area (Å²) in [4.78, 5) is 14.0. The molecule has 1 aliphatic heterocycles. The van der Waals surface area contributed by atoms with E-state index in [1.54, 1.807) is 4.90 Å². The number of halogens is 1. The van der Waals surface area contributed by atoms with Gasteiger partial charge in [-0.15, -0.1) is 0 Å². The Balaban J connectivity index is 2.20. The SMILES string of the molecule is CCc1c(CBr)ccc2c1CCN(C(=O)OC(C)(C)C)C2. The predicted octanol–water partition coefficient (Wildman–Crippen LogP) is 4.44. The molecule has 0 bridgehead atoms. The minimum absolute atomic E-state index is 0.212. The van der Waals surface area contributed by atoms with E-state index in [0.717, 1.165) is 24.7 Å². The van der Waals surface area contributed by atoms with E-state index in [1.165, 1.54) is 22.3 Å². The number of nitrogens with zero attached hydrogens (tertiary/aromatic N) is 1. The Bertz CT molecular complexity index is 534. The molecule has 1 aromatic carbocycles. The van der Waals surface area contributed by atoms with Crippen molar-refractivity contribution >= 4 is 22.0 Å². The van der Waals surface area contributed by atoms with E-state index >= 15 is 0 Å². The lowest BCUT2D eigenvalue weighted by atomic mass is 9.90. The van der Waals surface area contributed by atoms with Crippen LogP contribution in [-0.4, -0.2) is 23.1 Å². The highest BCUT2D eigenvalue weighted by molar-refractivity contribution is 9.08. The van der Waals surface area contributed by atoms with Gasteiger partial charge in [-0.25, -0.2) is 4.79 Å². The molecule has 0 spiro atoms. The summed E-state index contributed by atoms with van der Waals surface area (Å²) < 4.78 is 5.47. The summed E-state index contributed by atoms with van der Waals surface area (Å²) in [6.07, 6.45) is 1.74. The third kappa shape index (κ3) is 3.79. The van der Waals surface area contributed by atoms with Crippen molar-refractivity contribution in [3.63, 3.8) is 0 Å². The maximum Gasteiger partial charge on any atom is 0.410 e. The number of benzene rings is 1. The summed E-state index contributed by atoms with van der Waals surface area (Å²) in [5, 5.41) is 0.888. The summed E-state index contributed by atoms with van der Waals surface area (Å²) in [5.74, 6) is 0. The molecule has 0 saturated heterocycles. The molecule has 0 N–H and O–H groups in total. The van der Waals surface area contributed by atoms with E-state index in [1.807, 2.05) is 20.8 Å². The van der Waals surface area contributed by atoms with E-state index < -0.39 is 5.60 Å². The van der Waals surface area contributed by atoms with Crippen molar-refractivity contribution in [3.05, 3.63) is 34.4 Å². The van der Waals surface area contributed by atoms with Crippen LogP contribution in [-0.2, 0) is 29.5 Å². The zero-order valence-corrected chi connectivity index (χ0v) is 14.9. The van der Waals surface area contributed by atoms with Crippen molar-refractivity contribution in [1.82, 2.24) is 4.90 Å². The van der Waals surface area contributed by atoms with Crippen molar-refractivity contribution in [2.24, 2.45) is 0 Å². The molecule has 0 fully saturated rings. The van der Waals surface area contributed by atoms with Crippen LogP contribution in [0, 0.1) is 0 Å². The topological polar surface area (TPSA) is 29.5 Å². The van der Waals surface area contributed by atoms with Gasteiger partial charge in [-0.05, 0) is 55.9 Å². The van der Waals surface area contributed by atoms with Crippen LogP contribution < -0.4 is 0 Å². The lowest BCUT2D eigenvalue weighted by Crippen LogP contribution is -2.40. The second-order valence-electron chi connectivity index (χ2n) is 6.48. The minimum atomic E-state index is -0.439. The number of alkyl halides is 1. The molecule has 2 rings (SSSR count). The van der Waals surface area contributed by atoms with Crippen molar-refractivity contribution in [2.45, 2.75) is 58.0 Å². The van der Waals surface area contributed by atoms with Gasteiger partial charge < -0.3 is 9.64 Å². The predicted molar refractivity (Wildman–Crippen MR) is 88.8 cm³/mol. The summed E-state index contributed by atoms with van der Waals surface area (Å²) in [7, 11) is 0. The minimum Gasteiger partial charge on any atom is -0.444 e. The first-order valence-electron chi connectivity index (χ1n) is 7.52. The third-order valence-corrected chi connectivity index (χ3v) is 4.37. The van der Waals surface area contributed by atoms with Crippen LogP contribution in [0.4, 0.5) is 4.79 Å². The molecule has 3 nitrogen and oxygen atoms in total. The lowest BCUT2D eigenvalue weighted by molar-refractivity contribution is 0.0223. The molecule has 0 aromatic heterocycles. The van der Waals surface area contributed by atoms with Gasteiger partial charge in [-0.1, -0.05) is 35.0 Å². The van der Waals surface area contributed by atoms with Crippen LogP contribution in [0.5, 0.6) is 0 Å². The van der Waals surface area contributed by atoms with Crippen molar-refractivity contribution in [3.8, 4) is 0 Å². The molecule has 116 valence electrons. The number of carbonyl (C=O) groups excluding carboxylic acids is 1. The molecule has 0 aliphatic carbocycles. The van der Waals surface area contributed by atoms with E-state index in [4.69, 9.17) is 4.74 Å². The molecule has 21 heavy (non-hydrogen) atoms. The molecular formula is C17H24BrNO2. The summed E-state index contributed by atoms with van der Waals surface area (Å²) in [6, 6.07) is 4.33. The molecule has 4 heteroatoms. The maximum atomic E-state index is 12.2. The quantitative estimate of drug-likeness (QED) is 0.735. The van der Waals surface area contributed by atoms with Gasteiger partial charge in [0, 0.05) is 18.4 Å². The molecule has 0 saturated carbocycles. The largest absolute Gasteiger partial charge is 0.444 e. The van der Waals surface area contributed by atoms with Crippen LogP contribution in [0.25, 0.3) is 0 Å². The number of hydrogen-bond acceptors (Lipinski definition) is 2. The van der Waals surface area contributed by atoms with Crippen LogP contribution in [0.3, 0.4) is 0 Å². The van der Waals surface area contributed by atoms with Gasteiger partial charge in [0.05, 0.1) is 0 Å². The van der Waals surface area contributed by atoms with Crippen molar-refractivity contribution in [2.75, 3.05) is 6.54 Å². The molecule has 0 unspecified atom stereocenters. The van der Waals surface area contributed by atoms with Gasteiger partial charge in [0.2, 0.25) is 0 Å². The molecule has 1 heterocycles. The molecule has 0 atom stereocenters. The Morgan fingerprint density at radius 3 is 2.67 bits per heavy atom. The van der Waals surface area contributed by atoms with E-state index in [9.17, 15) is 4.79 Å². The molecule has 1 aliphatic rings. The lowest BCUT2D eigenvalue weighted by Gasteiger charge is -2.32. The number of rotatable bonds is 2. The number of ether oxygens (including phenoxy) is 1. The molecule has 1 amide bonds. The summed E-state index contributed by atoms with van der Waals surface area (Å²) in [6.45, 7) is 9.29. The fourth-order valence-electron chi connectivity index (χ4n) is 2.83. The Hall–Kier alpha value is -1.03. The first-order valence-corrected chi connectivity index (χ1v) is 8.64. The average Bonchev–Trinajstić information content (AvgIpc) is 2.43. The van der Waals surface area contributed by atoms with Gasteiger partial charge in [0.25, 0.3) is 0 Å². The highest BCUT2D eigenvalue weighted by atomic mass is 79.9. The Labute approximate surface area is 135 Å². The van der Waals surface area contributed by atoms with Crippen LogP contribution in [0.1, 0.15) is 49.9 Å². The number of fused-ring (bicyclic) bond motifs is 1. The van der Waals surface area contributed by atoms with Crippen LogP contribution in [0.2, 0.25) is 0 Å². The molecule has 1 aromatic rings. The van der Waals surface area contributed by atoms with E-state index in [2.05, 4.69) is 35.0 Å². The van der Waals surface area contributed by atoms with Gasteiger partial charge in [-0.2, -0.15) is 0 Å². The fraction of sp³-hybridized carbons (Fsp3) is 0.588. The monoisotopic (exact) mass is 353 g/mol. The maximum absolute atomic E-state index is 12.2. The number of hydrogen-bond donors (Lipinski definition) is 0. The highest BCUT2D eigenvalue weighted by Crippen LogP contribution is 2.28. The second kappa shape index (κ2) is 6.39. The van der Waals surface area contributed by atoms with Gasteiger partial charge in [0.1, 0.15) is 5.60 Å². The first kappa shape index (κ1) is 16.3. The number of amides is 1.